The Bertz CT molecular complexity index is 665. The monoisotopic (exact) mass is 522 g/mol. The molecule has 1 aliphatic carbocycles. The van der Waals surface area contributed by atoms with E-state index >= 15 is 0 Å². The quantitative estimate of drug-likeness (QED) is 0.404. The minimum Gasteiger partial charge on any atom is -1.00 e. The van der Waals surface area contributed by atoms with Gasteiger partial charge in [0, 0.05) is 30.0 Å². The van der Waals surface area contributed by atoms with Gasteiger partial charge in [0.1, 0.15) is 6.54 Å². The van der Waals surface area contributed by atoms with Gasteiger partial charge >= 0.3 is 0 Å². The van der Waals surface area contributed by atoms with E-state index < -0.39 is 0 Å². The highest BCUT2D eigenvalue weighted by Gasteiger charge is 2.20. The zero-order chi connectivity index (χ0) is 17.6. The summed E-state index contributed by atoms with van der Waals surface area (Å²) in [6, 6.07) is 0. The molecular formula is C20H28ClIN2S2. The van der Waals surface area contributed by atoms with E-state index in [1.807, 2.05) is 23.5 Å². The van der Waals surface area contributed by atoms with Crippen LogP contribution < -0.4 is 24.0 Å². The maximum absolute atomic E-state index is 6.74. The van der Waals surface area contributed by atoms with Gasteiger partial charge in [-0.3, -0.25) is 0 Å². The third-order valence-electron chi connectivity index (χ3n) is 4.92. The van der Waals surface area contributed by atoms with Gasteiger partial charge in [0.2, 0.25) is 5.04 Å². The van der Waals surface area contributed by atoms with Crippen molar-refractivity contribution in [2.24, 2.45) is 0 Å². The predicted octanol–water partition coefficient (Wildman–Crippen LogP) is 2.24. The lowest BCUT2D eigenvalue weighted by Crippen LogP contribution is -3.00. The number of allylic oxidation sites excluding steroid dienone is 6. The van der Waals surface area contributed by atoms with Crippen LogP contribution in [-0.4, -0.2) is 52.2 Å². The van der Waals surface area contributed by atoms with Crippen LogP contribution in [0.1, 0.15) is 33.1 Å². The fraction of sp³-hybridized carbons (Fsp3) is 0.550. The first-order valence-corrected chi connectivity index (χ1v) is 11.7. The van der Waals surface area contributed by atoms with Gasteiger partial charge in [-0.1, -0.05) is 35.5 Å². The van der Waals surface area contributed by atoms with Gasteiger partial charge in [0.15, 0.2) is 6.54 Å². The summed E-state index contributed by atoms with van der Waals surface area (Å²) in [4.78, 5) is 2.44. The van der Waals surface area contributed by atoms with Crippen LogP contribution in [-0.2, 0) is 0 Å². The Morgan fingerprint density at radius 1 is 1.12 bits per heavy atom. The fourth-order valence-electron chi connectivity index (χ4n) is 3.41. The van der Waals surface area contributed by atoms with Gasteiger partial charge < -0.3 is 28.9 Å². The summed E-state index contributed by atoms with van der Waals surface area (Å²) in [7, 11) is 0. The lowest BCUT2D eigenvalue weighted by atomic mass is 9.94. The predicted molar refractivity (Wildman–Crippen MR) is 115 cm³/mol. The van der Waals surface area contributed by atoms with Gasteiger partial charge in [0.05, 0.1) is 10.8 Å². The molecule has 0 radical (unpaired) electrons. The summed E-state index contributed by atoms with van der Waals surface area (Å²) in [5.41, 5.74) is 2.58. The van der Waals surface area contributed by atoms with E-state index in [2.05, 4.69) is 47.6 Å². The molecule has 0 spiro atoms. The number of hydrogen-bond donors (Lipinski definition) is 0. The zero-order valence-electron chi connectivity index (χ0n) is 15.6. The van der Waals surface area contributed by atoms with Crippen molar-refractivity contribution in [3.05, 3.63) is 45.5 Å². The molecule has 2 nitrogen and oxygen atoms in total. The summed E-state index contributed by atoms with van der Waals surface area (Å²) in [5, 5.41) is 3.74. The van der Waals surface area contributed by atoms with Crippen molar-refractivity contribution < 1.29 is 28.6 Å². The van der Waals surface area contributed by atoms with Crippen molar-refractivity contribution in [1.29, 1.82) is 0 Å². The normalized spacial score (nSPS) is 24.5. The standard InChI is InChI=1S/C20H28ClN2S2.HI/c1-3-22-12-14-24-18(22)10-8-16-6-5-7-17(20(16)21)9-11-19-23(4-2)13-15-25-19;/h8-11H,3-7,12-15H2,1-2H3;1H/q+1;/p-1. The van der Waals surface area contributed by atoms with Crippen LogP contribution in [0.3, 0.4) is 0 Å². The maximum atomic E-state index is 6.74. The molecule has 0 saturated carbocycles. The van der Waals surface area contributed by atoms with Crippen LogP contribution in [0.2, 0.25) is 0 Å². The molecule has 0 N–H and O–H groups in total. The second-order valence-electron chi connectivity index (χ2n) is 6.42. The Morgan fingerprint density at radius 2 is 1.96 bits per heavy atom. The smallest absolute Gasteiger partial charge is 0.234 e. The van der Waals surface area contributed by atoms with Gasteiger partial charge in [-0.2, -0.15) is 0 Å². The Morgan fingerprint density at radius 3 is 2.73 bits per heavy atom. The summed E-state index contributed by atoms with van der Waals surface area (Å²) in [6.07, 6.45) is 12.4. The first-order valence-electron chi connectivity index (χ1n) is 9.33. The molecule has 1 saturated heterocycles. The van der Waals surface area contributed by atoms with E-state index in [1.54, 1.807) is 0 Å². The molecule has 0 amide bonds. The van der Waals surface area contributed by atoms with Crippen LogP contribution >= 0.6 is 35.1 Å². The second kappa shape index (κ2) is 11.2. The lowest BCUT2D eigenvalue weighted by Gasteiger charge is -2.18. The van der Waals surface area contributed by atoms with Crippen LogP contribution in [0, 0.1) is 0 Å². The third-order valence-corrected chi connectivity index (χ3v) is 7.56. The van der Waals surface area contributed by atoms with E-state index in [4.69, 9.17) is 11.6 Å². The van der Waals surface area contributed by atoms with Crippen LogP contribution in [0.25, 0.3) is 0 Å². The summed E-state index contributed by atoms with van der Waals surface area (Å²) >= 11 is 10.6. The largest absolute Gasteiger partial charge is 1.00 e. The molecule has 0 unspecified atom stereocenters. The SMILES string of the molecule is CCN1CCS/C1=C\C=C1/CCCC(/C=C/C2=[N+](CC)CCS2)=C1Cl.[I-]. The fourth-order valence-corrected chi connectivity index (χ4v) is 5.90. The highest BCUT2D eigenvalue weighted by molar-refractivity contribution is 8.14. The average molecular weight is 523 g/mol. The highest BCUT2D eigenvalue weighted by atomic mass is 127. The van der Waals surface area contributed by atoms with Gasteiger partial charge in [-0.25, -0.2) is 4.58 Å². The molecule has 3 rings (SSSR count). The lowest BCUT2D eigenvalue weighted by molar-refractivity contribution is -0.513. The number of nitrogens with zero attached hydrogens (tertiary/aromatic N) is 2. The van der Waals surface area contributed by atoms with Crippen molar-refractivity contribution in [3.8, 4) is 0 Å². The molecular weight excluding hydrogens is 495 g/mol. The van der Waals surface area contributed by atoms with Crippen molar-refractivity contribution >= 4 is 40.2 Å². The first-order chi connectivity index (χ1) is 12.2. The molecule has 26 heavy (non-hydrogen) atoms. The van der Waals surface area contributed by atoms with Gasteiger partial charge in [0.25, 0.3) is 0 Å². The minimum atomic E-state index is 0. The number of rotatable bonds is 5. The van der Waals surface area contributed by atoms with E-state index in [0.717, 1.165) is 44.1 Å². The maximum Gasteiger partial charge on any atom is 0.234 e. The molecule has 0 aromatic carbocycles. The highest BCUT2D eigenvalue weighted by Crippen LogP contribution is 2.34. The number of hydrogen-bond acceptors (Lipinski definition) is 3. The number of halogens is 2. The van der Waals surface area contributed by atoms with E-state index in [9.17, 15) is 0 Å². The molecule has 1 fully saturated rings. The van der Waals surface area contributed by atoms with E-state index in [0.29, 0.717) is 0 Å². The Kier molecular flexibility index (Phi) is 9.69. The molecule has 0 atom stereocenters. The number of thioether (sulfide) groups is 2. The third kappa shape index (κ3) is 5.58. The van der Waals surface area contributed by atoms with Crippen molar-refractivity contribution in [3.63, 3.8) is 0 Å². The van der Waals surface area contributed by atoms with Crippen molar-refractivity contribution in [2.75, 3.05) is 37.7 Å². The average Bonchev–Trinajstić information content (AvgIpc) is 3.28. The van der Waals surface area contributed by atoms with E-state index in [-0.39, 0.29) is 24.0 Å². The molecule has 144 valence electrons. The van der Waals surface area contributed by atoms with Crippen LogP contribution in [0.4, 0.5) is 0 Å². The molecule has 0 bridgehead atoms. The zero-order valence-corrected chi connectivity index (χ0v) is 20.2. The summed E-state index contributed by atoms with van der Waals surface area (Å²) in [5.74, 6) is 2.40. The minimum absolute atomic E-state index is 0. The first kappa shape index (κ1) is 22.4. The Labute approximate surface area is 188 Å². The van der Waals surface area contributed by atoms with Crippen LogP contribution in [0.15, 0.2) is 45.5 Å². The molecule has 0 aromatic rings. The molecule has 6 heteroatoms. The van der Waals surface area contributed by atoms with Crippen molar-refractivity contribution in [2.45, 2.75) is 33.1 Å². The van der Waals surface area contributed by atoms with E-state index in [1.165, 1.54) is 39.1 Å². The van der Waals surface area contributed by atoms with Gasteiger partial charge in [-0.15, -0.1) is 11.8 Å². The molecule has 2 aliphatic heterocycles. The Hall–Kier alpha value is 0.150. The summed E-state index contributed by atoms with van der Waals surface area (Å²) < 4.78 is 2.44. The molecule has 3 aliphatic rings. The molecule has 2 heterocycles. The summed E-state index contributed by atoms with van der Waals surface area (Å²) in [6.45, 7) is 8.95. The molecule has 0 aromatic heterocycles. The van der Waals surface area contributed by atoms with Crippen molar-refractivity contribution in [1.82, 2.24) is 4.90 Å². The Balaban J connectivity index is 0.00000243. The van der Waals surface area contributed by atoms with Crippen LogP contribution in [0.5, 0.6) is 0 Å². The topological polar surface area (TPSA) is 6.25 Å². The second-order valence-corrected chi connectivity index (χ2v) is 9.03. The van der Waals surface area contributed by atoms with Gasteiger partial charge in [-0.05, 0) is 50.3 Å².